The number of hydrogen-bond acceptors (Lipinski definition) is 4. The zero-order chi connectivity index (χ0) is 18.0. The summed E-state index contributed by atoms with van der Waals surface area (Å²) in [5, 5.41) is 14.4. The fourth-order valence-corrected chi connectivity index (χ4v) is 2.93. The molecule has 1 N–H and O–H groups in total. The third-order valence-corrected chi connectivity index (χ3v) is 4.38. The summed E-state index contributed by atoms with van der Waals surface area (Å²) < 4.78 is 1.62. The summed E-state index contributed by atoms with van der Waals surface area (Å²) in [5.74, 6) is -0.515. The Bertz CT molecular complexity index is 752. The summed E-state index contributed by atoms with van der Waals surface area (Å²) in [4.78, 5) is 28.2. The van der Waals surface area contributed by atoms with Gasteiger partial charge in [0.25, 0.3) is 5.91 Å². The number of rotatable bonds is 3. The Morgan fingerprint density at radius 3 is 2.64 bits per heavy atom. The van der Waals surface area contributed by atoms with Crippen LogP contribution in [0.15, 0.2) is 36.4 Å². The molecular formula is C18H22N4O3. The fourth-order valence-electron chi connectivity index (χ4n) is 2.93. The highest BCUT2D eigenvalue weighted by Crippen LogP contribution is 2.13. The van der Waals surface area contributed by atoms with E-state index in [0.29, 0.717) is 6.54 Å². The lowest BCUT2D eigenvalue weighted by Gasteiger charge is -2.21. The molecule has 1 fully saturated rings. The lowest BCUT2D eigenvalue weighted by Crippen LogP contribution is -2.39. The molecule has 7 nitrogen and oxygen atoms in total. The molecule has 3 rings (SSSR count). The standard InChI is InChI=1S/C18H22N4O3/c1-13-8-16(19-20(13)2)18(25)22-11-15(23)10-21(17(24)12-22)9-14-6-4-3-5-7-14/h3-8,15,23H,9-12H2,1-2H3. The maximum atomic E-state index is 12.6. The van der Waals surface area contributed by atoms with Crippen LogP contribution in [0.5, 0.6) is 0 Å². The van der Waals surface area contributed by atoms with Gasteiger partial charge in [0.15, 0.2) is 5.69 Å². The zero-order valence-electron chi connectivity index (χ0n) is 14.4. The van der Waals surface area contributed by atoms with E-state index in [1.165, 1.54) is 4.90 Å². The maximum Gasteiger partial charge on any atom is 0.274 e. The van der Waals surface area contributed by atoms with Crippen LogP contribution in [0.1, 0.15) is 21.7 Å². The number of aliphatic hydroxyl groups excluding tert-OH is 1. The lowest BCUT2D eigenvalue weighted by atomic mass is 10.2. The van der Waals surface area contributed by atoms with Crippen molar-refractivity contribution in [1.29, 1.82) is 0 Å². The molecule has 0 aliphatic carbocycles. The lowest BCUT2D eigenvalue weighted by molar-refractivity contribution is -0.131. The summed E-state index contributed by atoms with van der Waals surface area (Å²) in [6, 6.07) is 11.3. The molecule has 1 aromatic carbocycles. The Hall–Kier alpha value is -2.67. The van der Waals surface area contributed by atoms with Crippen molar-refractivity contribution in [2.75, 3.05) is 19.6 Å². The van der Waals surface area contributed by atoms with Crippen molar-refractivity contribution >= 4 is 11.8 Å². The van der Waals surface area contributed by atoms with Crippen LogP contribution >= 0.6 is 0 Å². The minimum absolute atomic E-state index is 0.0572. The van der Waals surface area contributed by atoms with Crippen LogP contribution in [0.4, 0.5) is 0 Å². The molecule has 0 radical (unpaired) electrons. The van der Waals surface area contributed by atoms with Crippen molar-refractivity contribution in [1.82, 2.24) is 19.6 Å². The summed E-state index contributed by atoms with van der Waals surface area (Å²) in [6.07, 6.45) is -0.788. The second-order valence-electron chi connectivity index (χ2n) is 6.39. The molecule has 1 atom stereocenters. The van der Waals surface area contributed by atoms with Gasteiger partial charge in [-0.3, -0.25) is 14.3 Å². The van der Waals surface area contributed by atoms with E-state index < -0.39 is 6.10 Å². The van der Waals surface area contributed by atoms with Gasteiger partial charge in [-0.05, 0) is 18.6 Å². The number of nitrogens with zero attached hydrogens (tertiary/aromatic N) is 4. The van der Waals surface area contributed by atoms with Gasteiger partial charge in [0.1, 0.15) is 6.54 Å². The summed E-state index contributed by atoms with van der Waals surface area (Å²) in [6.45, 7) is 2.54. The zero-order valence-corrected chi connectivity index (χ0v) is 14.4. The minimum atomic E-state index is -0.788. The predicted octanol–water partition coefficient (Wildman–Crippen LogP) is 0.574. The molecule has 0 bridgehead atoms. The van der Waals surface area contributed by atoms with E-state index in [4.69, 9.17) is 0 Å². The van der Waals surface area contributed by atoms with Crippen molar-refractivity contribution in [2.24, 2.45) is 7.05 Å². The Kier molecular flexibility index (Phi) is 4.85. The third-order valence-electron chi connectivity index (χ3n) is 4.38. The van der Waals surface area contributed by atoms with Crippen LogP contribution in [0, 0.1) is 6.92 Å². The monoisotopic (exact) mass is 342 g/mol. The van der Waals surface area contributed by atoms with Crippen LogP contribution in [0.2, 0.25) is 0 Å². The average Bonchev–Trinajstić information content (AvgIpc) is 2.85. The Labute approximate surface area is 146 Å². The summed E-state index contributed by atoms with van der Waals surface area (Å²) in [7, 11) is 1.76. The van der Waals surface area contributed by atoms with E-state index in [2.05, 4.69) is 5.10 Å². The van der Waals surface area contributed by atoms with Gasteiger partial charge in [-0.2, -0.15) is 5.10 Å². The first-order valence-corrected chi connectivity index (χ1v) is 8.23. The molecule has 1 aliphatic rings. The predicted molar refractivity (Wildman–Crippen MR) is 91.7 cm³/mol. The average molecular weight is 342 g/mol. The molecular weight excluding hydrogens is 320 g/mol. The van der Waals surface area contributed by atoms with Crippen molar-refractivity contribution in [3.63, 3.8) is 0 Å². The Morgan fingerprint density at radius 2 is 2.00 bits per heavy atom. The number of carbonyl (C=O) groups excluding carboxylic acids is 2. The number of aliphatic hydroxyl groups is 1. The second kappa shape index (κ2) is 7.06. The first-order chi connectivity index (χ1) is 11.9. The number of aryl methyl sites for hydroxylation is 2. The van der Waals surface area contributed by atoms with Crippen LogP contribution in [0.25, 0.3) is 0 Å². The van der Waals surface area contributed by atoms with Gasteiger partial charge in [0.2, 0.25) is 5.91 Å². The molecule has 0 saturated carbocycles. The molecule has 1 unspecified atom stereocenters. The quantitative estimate of drug-likeness (QED) is 0.885. The van der Waals surface area contributed by atoms with Gasteiger partial charge in [0, 0.05) is 32.4 Å². The maximum absolute atomic E-state index is 12.6. The molecule has 7 heteroatoms. The van der Waals surface area contributed by atoms with Crippen molar-refractivity contribution in [3.05, 3.63) is 53.3 Å². The molecule has 2 aromatic rings. The summed E-state index contributed by atoms with van der Waals surface area (Å²) in [5.41, 5.74) is 2.13. The molecule has 1 aromatic heterocycles. The number of amides is 2. The van der Waals surface area contributed by atoms with E-state index in [9.17, 15) is 14.7 Å². The smallest absolute Gasteiger partial charge is 0.274 e. The molecule has 25 heavy (non-hydrogen) atoms. The van der Waals surface area contributed by atoms with Gasteiger partial charge in [-0.1, -0.05) is 30.3 Å². The van der Waals surface area contributed by atoms with E-state index in [-0.39, 0.29) is 37.1 Å². The van der Waals surface area contributed by atoms with E-state index >= 15 is 0 Å². The van der Waals surface area contributed by atoms with E-state index in [0.717, 1.165) is 11.3 Å². The number of β-amino-alcohol motifs (C(OH)–C–C–N with tert-alkyl or cyclic N) is 1. The van der Waals surface area contributed by atoms with Gasteiger partial charge >= 0.3 is 0 Å². The van der Waals surface area contributed by atoms with Crippen LogP contribution in [0.3, 0.4) is 0 Å². The fraction of sp³-hybridized carbons (Fsp3) is 0.389. The number of benzene rings is 1. The Morgan fingerprint density at radius 1 is 1.28 bits per heavy atom. The van der Waals surface area contributed by atoms with Crippen molar-refractivity contribution < 1.29 is 14.7 Å². The highest BCUT2D eigenvalue weighted by Gasteiger charge is 2.30. The first-order valence-electron chi connectivity index (χ1n) is 8.23. The van der Waals surface area contributed by atoms with Crippen LogP contribution in [-0.4, -0.2) is 62.2 Å². The number of carbonyl (C=O) groups is 2. The van der Waals surface area contributed by atoms with Crippen molar-refractivity contribution in [2.45, 2.75) is 19.6 Å². The SMILES string of the molecule is Cc1cc(C(=O)N2CC(=O)N(Cc3ccccc3)CC(O)C2)nn1C. The molecule has 2 heterocycles. The summed E-state index contributed by atoms with van der Waals surface area (Å²) >= 11 is 0. The number of aromatic nitrogens is 2. The molecule has 1 saturated heterocycles. The first kappa shape index (κ1) is 17.2. The van der Waals surface area contributed by atoms with Gasteiger partial charge < -0.3 is 14.9 Å². The van der Waals surface area contributed by atoms with Gasteiger partial charge in [0.05, 0.1) is 6.10 Å². The van der Waals surface area contributed by atoms with E-state index in [1.54, 1.807) is 22.7 Å². The topological polar surface area (TPSA) is 78.7 Å². The molecule has 2 amide bonds. The molecule has 0 spiro atoms. The minimum Gasteiger partial charge on any atom is -0.389 e. The van der Waals surface area contributed by atoms with Gasteiger partial charge in [-0.25, -0.2) is 0 Å². The Balaban J connectivity index is 1.74. The van der Waals surface area contributed by atoms with E-state index in [1.807, 2.05) is 37.3 Å². The third kappa shape index (κ3) is 3.88. The van der Waals surface area contributed by atoms with Crippen LogP contribution in [-0.2, 0) is 18.4 Å². The van der Waals surface area contributed by atoms with Crippen molar-refractivity contribution in [3.8, 4) is 0 Å². The van der Waals surface area contributed by atoms with Gasteiger partial charge in [-0.15, -0.1) is 0 Å². The normalized spacial score (nSPS) is 18.4. The highest BCUT2D eigenvalue weighted by molar-refractivity contribution is 5.95. The molecule has 132 valence electrons. The highest BCUT2D eigenvalue weighted by atomic mass is 16.3. The van der Waals surface area contributed by atoms with Crippen LogP contribution < -0.4 is 0 Å². The largest absolute Gasteiger partial charge is 0.389 e. The second-order valence-corrected chi connectivity index (χ2v) is 6.39. The number of hydrogen-bond donors (Lipinski definition) is 1. The molecule has 1 aliphatic heterocycles.